The van der Waals surface area contributed by atoms with Crippen LogP contribution in [0.15, 0.2) is 12.1 Å². The molecule has 1 aliphatic rings. The van der Waals surface area contributed by atoms with Gasteiger partial charge in [0.2, 0.25) is 0 Å². The van der Waals surface area contributed by atoms with Crippen LogP contribution in [0.25, 0.3) is 0 Å². The van der Waals surface area contributed by atoms with Crippen molar-refractivity contribution in [3.05, 3.63) is 33.6 Å². The molecule has 0 N–H and O–H groups in total. The summed E-state index contributed by atoms with van der Waals surface area (Å²) >= 11 is 0. The maximum atomic E-state index is 13.7. The van der Waals surface area contributed by atoms with Crippen molar-refractivity contribution in [2.45, 2.75) is 38.2 Å². The molecule has 7 heteroatoms. The summed E-state index contributed by atoms with van der Waals surface area (Å²) in [7, 11) is 1.12. The van der Waals surface area contributed by atoms with Gasteiger partial charge < -0.3 is 9.47 Å². The van der Waals surface area contributed by atoms with E-state index in [4.69, 9.17) is 4.74 Å². The third-order valence-electron chi connectivity index (χ3n) is 3.50. The topological polar surface area (TPSA) is 78.7 Å². The normalized spacial score (nSPS) is 15.5. The number of rotatable bonds is 4. The van der Waals surface area contributed by atoms with Crippen LogP contribution in [-0.2, 0) is 4.74 Å². The van der Waals surface area contributed by atoms with Gasteiger partial charge in [0.05, 0.1) is 29.8 Å². The maximum absolute atomic E-state index is 13.7. The van der Waals surface area contributed by atoms with Gasteiger partial charge in [-0.05, 0) is 25.7 Å². The van der Waals surface area contributed by atoms with Crippen LogP contribution in [0.1, 0.15) is 42.5 Å². The van der Waals surface area contributed by atoms with E-state index in [1.165, 1.54) is 0 Å². The van der Waals surface area contributed by atoms with Gasteiger partial charge in [0.25, 0.3) is 0 Å². The summed E-state index contributed by atoms with van der Waals surface area (Å²) in [6.45, 7) is 0. The molecule has 0 amide bonds. The number of halogens is 1. The SMILES string of the molecule is COC(=O)c1cc(OC2CCCCC2)c([N+](=O)[O-])cc1F. The second kappa shape index (κ2) is 6.51. The fourth-order valence-corrected chi connectivity index (χ4v) is 2.41. The van der Waals surface area contributed by atoms with E-state index in [0.717, 1.165) is 45.3 Å². The molecule has 0 bridgehead atoms. The Morgan fingerprint density at radius 3 is 2.57 bits per heavy atom. The van der Waals surface area contributed by atoms with E-state index in [1.54, 1.807) is 0 Å². The Morgan fingerprint density at radius 2 is 2.00 bits per heavy atom. The molecular weight excluding hydrogens is 281 g/mol. The summed E-state index contributed by atoms with van der Waals surface area (Å²) in [4.78, 5) is 21.8. The molecule has 0 aliphatic heterocycles. The van der Waals surface area contributed by atoms with Gasteiger partial charge in [-0.1, -0.05) is 6.42 Å². The van der Waals surface area contributed by atoms with Crippen LogP contribution in [-0.4, -0.2) is 24.1 Å². The smallest absolute Gasteiger partial charge is 0.340 e. The summed E-state index contributed by atoms with van der Waals surface area (Å²) < 4.78 is 23.8. The summed E-state index contributed by atoms with van der Waals surface area (Å²) in [5.74, 6) is -1.98. The molecule has 0 saturated heterocycles. The lowest BCUT2D eigenvalue weighted by molar-refractivity contribution is -0.386. The Hall–Kier alpha value is -2.18. The Morgan fingerprint density at radius 1 is 1.33 bits per heavy atom. The Balaban J connectivity index is 2.35. The molecule has 114 valence electrons. The average molecular weight is 297 g/mol. The fourth-order valence-electron chi connectivity index (χ4n) is 2.41. The van der Waals surface area contributed by atoms with Gasteiger partial charge in [-0.2, -0.15) is 0 Å². The minimum Gasteiger partial charge on any atom is -0.483 e. The van der Waals surface area contributed by atoms with Crippen molar-refractivity contribution in [1.82, 2.24) is 0 Å². The predicted molar refractivity (Wildman–Crippen MR) is 71.9 cm³/mol. The molecule has 0 atom stereocenters. The number of carbonyl (C=O) groups excluding carboxylic acids is 1. The molecule has 1 fully saturated rings. The number of ether oxygens (including phenoxy) is 2. The van der Waals surface area contributed by atoms with E-state index < -0.39 is 22.4 Å². The van der Waals surface area contributed by atoms with Crippen LogP contribution in [0.5, 0.6) is 5.75 Å². The van der Waals surface area contributed by atoms with E-state index in [1.807, 2.05) is 0 Å². The van der Waals surface area contributed by atoms with Gasteiger partial charge in [0, 0.05) is 6.07 Å². The van der Waals surface area contributed by atoms with Crippen LogP contribution in [0.4, 0.5) is 10.1 Å². The van der Waals surface area contributed by atoms with Crippen molar-refractivity contribution < 1.29 is 23.6 Å². The van der Waals surface area contributed by atoms with E-state index in [0.29, 0.717) is 6.07 Å². The van der Waals surface area contributed by atoms with Crippen LogP contribution in [0.2, 0.25) is 0 Å². The van der Waals surface area contributed by atoms with E-state index in [9.17, 15) is 19.3 Å². The largest absolute Gasteiger partial charge is 0.483 e. The molecule has 0 spiro atoms. The highest BCUT2D eigenvalue weighted by molar-refractivity contribution is 5.90. The zero-order valence-corrected chi connectivity index (χ0v) is 11.6. The van der Waals surface area contributed by atoms with Gasteiger partial charge in [-0.15, -0.1) is 0 Å². The van der Waals surface area contributed by atoms with E-state index in [2.05, 4.69) is 4.74 Å². The first-order valence-electron chi connectivity index (χ1n) is 6.76. The molecule has 0 radical (unpaired) electrons. The van der Waals surface area contributed by atoms with Crippen molar-refractivity contribution in [3.63, 3.8) is 0 Å². The van der Waals surface area contributed by atoms with Gasteiger partial charge in [-0.25, -0.2) is 9.18 Å². The lowest BCUT2D eigenvalue weighted by Gasteiger charge is -2.23. The molecule has 2 rings (SSSR count). The van der Waals surface area contributed by atoms with Crippen molar-refractivity contribution in [3.8, 4) is 5.75 Å². The van der Waals surface area contributed by atoms with E-state index in [-0.39, 0.29) is 17.4 Å². The summed E-state index contributed by atoms with van der Waals surface area (Å²) in [5, 5.41) is 11.0. The number of nitro benzene ring substituents is 1. The first-order valence-corrected chi connectivity index (χ1v) is 6.76. The summed E-state index contributed by atoms with van der Waals surface area (Å²) in [6.07, 6.45) is 4.53. The van der Waals surface area contributed by atoms with Gasteiger partial charge in [-0.3, -0.25) is 10.1 Å². The molecule has 0 heterocycles. The molecule has 6 nitrogen and oxygen atoms in total. The lowest BCUT2D eigenvalue weighted by atomic mass is 9.98. The molecule has 1 aliphatic carbocycles. The molecule has 1 aromatic rings. The number of esters is 1. The number of hydrogen-bond acceptors (Lipinski definition) is 5. The van der Waals surface area contributed by atoms with Crippen LogP contribution >= 0.6 is 0 Å². The minimum atomic E-state index is -0.996. The average Bonchev–Trinajstić information content (AvgIpc) is 2.48. The Bertz CT molecular complexity index is 555. The molecule has 0 unspecified atom stereocenters. The quantitative estimate of drug-likeness (QED) is 0.484. The van der Waals surface area contributed by atoms with E-state index >= 15 is 0 Å². The van der Waals surface area contributed by atoms with Gasteiger partial charge in [0.15, 0.2) is 5.75 Å². The first kappa shape index (κ1) is 15.2. The predicted octanol–water partition coefficient (Wildman–Crippen LogP) is 3.23. The highest BCUT2D eigenvalue weighted by atomic mass is 19.1. The zero-order valence-electron chi connectivity index (χ0n) is 11.6. The van der Waals surface area contributed by atoms with Crippen molar-refractivity contribution in [2.24, 2.45) is 0 Å². The highest BCUT2D eigenvalue weighted by Gasteiger charge is 2.26. The zero-order chi connectivity index (χ0) is 15.4. The maximum Gasteiger partial charge on any atom is 0.340 e. The molecule has 0 aromatic heterocycles. The van der Waals surface area contributed by atoms with Gasteiger partial charge in [0.1, 0.15) is 5.82 Å². The molecule has 1 aromatic carbocycles. The fraction of sp³-hybridized carbons (Fsp3) is 0.500. The lowest BCUT2D eigenvalue weighted by Crippen LogP contribution is -2.20. The van der Waals surface area contributed by atoms with Crippen molar-refractivity contribution in [2.75, 3.05) is 7.11 Å². The third kappa shape index (κ3) is 3.48. The number of hydrogen-bond donors (Lipinski definition) is 0. The monoisotopic (exact) mass is 297 g/mol. The molecule has 1 saturated carbocycles. The van der Waals surface area contributed by atoms with Crippen LogP contribution in [0.3, 0.4) is 0 Å². The van der Waals surface area contributed by atoms with Crippen LogP contribution < -0.4 is 4.74 Å². The number of nitrogens with zero attached hydrogens (tertiary/aromatic N) is 1. The highest BCUT2D eigenvalue weighted by Crippen LogP contribution is 2.33. The van der Waals surface area contributed by atoms with Gasteiger partial charge >= 0.3 is 11.7 Å². The first-order chi connectivity index (χ1) is 10.0. The number of nitro groups is 1. The number of benzene rings is 1. The minimum absolute atomic E-state index is 0.0892. The van der Waals surface area contributed by atoms with Crippen molar-refractivity contribution >= 4 is 11.7 Å². The number of methoxy groups -OCH3 is 1. The summed E-state index contributed by atoms with van der Waals surface area (Å²) in [5.41, 5.74) is -0.848. The standard InChI is InChI=1S/C14H16FNO5/c1-20-14(17)10-7-13(12(16(18)19)8-11(10)15)21-9-5-3-2-4-6-9/h7-9H,2-6H2,1H3. The number of carbonyl (C=O) groups is 1. The second-order valence-corrected chi connectivity index (χ2v) is 4.93. The second-order valence-electron chi connectivity index (χ2n) is 4.93. The Kier molecular flexibility index (Phi) is 4.72. The third-order valence-corrected chi connectivity index (χ3v) is 3.50. The van der Waals surface area contributed by atoms with Crippen molar-refractivity contribution in [1.29, 1.82) is 0 Å². The van der Waals surface area contributed by atoms with Crippen LogP contribution in [0, 0.1) is 15.9 Å². The molecular formula is C14H16FNO5. The Labute approximate surface area is 121 Å². The summed E-state index contributed by atoms with van der Waals surface area (Å²) in [6, 6.07) is 1.75. The molecule has 21 heavy (non-hydrogen) atoms.